The fourth-order valence-corrected chi connectivity index (χ4v) is 2.92. The molecule has 2 unspecified atom stereocenters. The molecule has 1 aliphatic rings. The highest BCUT2D eigenvalue weighted by atomic mass is 35.5. The van der Waals surface area contributed by atoms with Crippen molar-refractivity contribution in [3.8, 4) is 0 Å². The summed E-state index contributed by atoms with van der Waals surface area (Å²) in [4.78, 5) is 2.53. The van der Waals surface area contributed by atoms with Crippen molar-refractivity contribution < 1.29 is 0 Å². The number of hydrogen-bond donors (Lipinski definition) is 0. The third-order valence-electron chi connectivity index (χ3n) is 3.51. The minimum atomic E-state index is 0.604. The van der Waals surface area contributed by atoms with Gasteiger partial charge in [-0.1, -0.05) is 19.1 Å². The normalized spacial score (nSPS) is 25.1. The Bertz CT molecular complexity index is 375. The predicted molar refractivity (Wildman–Crippen MR) is 71.3 cm³/mol. The van der Waals surface area contributed by atoms with Crippen molar-refractivity contribution in [2.24, 2.45) is 5.92 Å². The van der Waals surface area contributed by atoms with E-state index in [2.05, 4.69) is 43.9 Å². The maximum atomic E-state index is 5.85. The zero-order valence-corrected chi connectivity index (χ0v) is 11.1. The maximum absolute atomic E-state index is 5.85. The van der Waals surface area contributed by atoms with E-state index in [0.29, 0.717) is 11.9 Å². The summed E-state index contributed by atoms with van der Waals surface area (Å²) in [5.74, 6) is 1.41. The van der Waals surface area contributed by atoms with E-state index in [9.17, 15) is 0 Å². The first-order valence-electron chi connectivity index (χ1n) is 6.04. The molecule has 1 aromatic carbocycles. The van der Waals surface area contributed by atoms with Gasteiger partial charge in [0.25, 0.3) is 0 Å². The van der Waals surface area contributed by atoms with Crippen LogP contribution in [0.3, 0.4) is 0 Å². The number of halogens is 1. The highest BCUT2D eigenvalue weighted by Crippen LogP contribution is 2.31. The molecule has 2 heteroatoms. The summed E-state index contributed by atoms with van der Waals surface area (Å²) in [6.07, 6.45) is 1.30. The third kappa shape index (κ3) is 2.20. The van der Waals surface area contributed by atoms with Crippen LogP contribution in [0.1, 0.15) is 31.4 Å². The van der Waals surface area contributed by atoms with Crippen LogP contribution < -0.4 is 4.90 Å². The lowest BCUT2D eigenvalue weighted by atomic mass is 10.1. The van der Waals surface area contributed by atoms with Crippen molar-refractivity contribution in [2.45, 2.75) is 39.1 Å². The molecule has 2 atom stereocenters. The lowest BCUT2D eigenvalue weighted by molar-refractivity contribution is 0.625. The molecule has 1 saturated heterocycles. The number of hydrogen-bond acceptors (Lipinski definition) is 1. The highest BCUT2D eigenvalue weighted by Gasteiger charge is 2.26. The molecule has 16 heavy (non-hydrogen) atoms. The molecule has 1 heterocycles. The average Bonchev–Trinajstić information content (AvgIpc) is 2.57. The Balaban J connectivity index is 2.27. The van der Waals surface area contributed by atoms with Crippen LogP contribution in [-0.4, -0.2) is 12.6 Å². The van der Waals surface area contributed by atoms with Crippen LogP contribution in [0.2, 0.25) is 0 Å². The summed E-state index contributed by atoms with van der Waals surface area (Å²) >= 11 is 5.85. The molecule has 0 saturated carbocycles. The van der Waals surface area contributed by atoms with Crippen molar-refractivity contribution in [1.82, 2.24) is 0 Å². The minimum absolute atomic E-state index is 0.604. The Kier molecular flexibility index (Phi) is 3.44. The molecule has 0 aromatic heterocycles. The summed E-state index contributed by atoms with van der Waals surface area (Å²) in [5.41, 5.74) is 3.94. The van der Waals surface area contributed by atoms with Crippen LogP contribution in [0.4, 0.5) is 5.69 Å². The molecule has 0 aliphatic carbocycles. The van der Waals surface area contributed by atoms with Crippen LogP contribution >= 0.6 is 11.6 Å². The van der Waals surface area contributed by atoms with Crippen LogP contribution in [0.5, 0.6) is 0 Å². The fraction of sp³-hybridized carbons (Fsp3) is 0.571. The van der Waals surface area contributed by atoms with Crippen molar-refractivity contribution in [3.05, 3.63) is 29.3 Å². The number of benzene rings is 1. The van der Waals surface area contributed by atoms with Crippen LogP contribution in [0, 0.1) is 12.8 Å². The van der Waals surface area contributed by atoms with E-state index in [1.807, 2.05) is 0 Å². The van der Waals surface area contributed by atoms with Gasteiger partial charge in [-0.15, -0.1) is 11.6 Å². The first-order valence-corrected chi connectivity index (χ1v) is 6.57. The van der Waals surface area contributed by atoms with Crippen molar-refractivity contribution >= 4 is 17.3 Å². The van der Waals surface area contributed by atoms with Crippen LogP contribution in [0.15, 0.2) is 18.2 Å². The topological polar surface area (TPSA) is 3.24 Å². The Hall–Kier alpha value is -0.690. The van der Waals surface area contributed by atoms with Crippen molar-refractivity contribution in [3.63, 3.8) is 0 Å². The SMILES string of the molecule is Cc1cc(CCl)ccc1N1CC(C)CC1C. The molecule has 0 N–H and O–H groups in total. The number of anilines is 1. The molecule has 0 bridgehead atoms. The van der Waals surface area contributed by atoms with Crippen molar-refractivity contribution in [1.29, 1.82) is 0 Å². The number of alkyl halides is 1. The number of rotatable bonds is 2. The summed E-state index contributed by atoms with van der Waals surface area (Å²) in [5, 5.41) is 0. The molecule has 1 aliphatic heterocycles. The largest absolute Gasteiger partial charge is 0.368 e. The molecule has 1 fully saturated rings. The first-order chi connectivity index (χ1) is 7.61. The molecule has 2 rings (SSSR count). The lowest BCUT2D eigenvalue weighted by Crippen LogP contribution is -2.27. The molecule has 1 nitrogen and oxygen atoms in total. The van der Waals surface area contributed by atoms with E-state index in [0.717, 1.165) is 5.92 Å². The molecule has 0 amide bonds. The van der Waals surface area contributed by atoms with E-state index in [1.54, 1.807) is 0 Å². The van der Waals surface area contributed by atoms with Gasteiger partial charge in [-0.25, -0.2) is 0 Å². The Labute approximate surface area is 103 Å². The fourth-order valence-electron chi connectivity index (χ4n) is 2.76. The predicted octanol–water partition coefficient (Wildman–Crippen LogP) is 3.97. The summed E-state index contributed by atoms with van der Waals surface area (Å²) < 4.78 is 0. The molecular weight excluding hydrogens is 218 g/mol. The van der Waals surface area contributed by atoms with E-state index < -0.39 is 0 Å². The molecule has 0 spiro atoms. The zero-order valence-electron chi connectivity index (χ0n) is 10.3. The highest BCUT2D eigenvalue weighted by molar-refractivity contribution is 6.17. The first kappa shape index (κ1) is 11.8. The second kappa shape index (κ2) is 4.67. The molecule has 0 radical (unpaired) electrons. The van der Waals surface area contributed by atoms with Gasteiger partial charge in [-0.05, 0) is 43.4 Å². The molecule has 88 valence electrons. The standard InChI is InChI=1S/C14H20ClN/c1-10-6-12(3)16(9-10)14-5-4-13(8-15)7-11(14)2/h4-5,7,10,12H,6,8-9H2,1-3H3. The molecular formula is C14H20ClN. The van der Waals surface area contributed by atoms with Gasteiger partial charge in [0, 0.05) is 24.2 Å². The summed E-state index contributed by atoms with van der Waals surface area (Å²) in [6.45, 7) is 8.01. The summed E-state index contributed by atoms with van der Waals surface area (Å²) in [7, 11) is 0. The van der Waals surface area contributed by atoms with Crippen molar-refractivity contribution in [2.75, 3.05) is 11.4 Å². The summed E-state index contributed by atoms with van der Waals surface area (Å²) in [6, 6.07) is 7.24. The van der Waals surface area contributed by atoms with Crippen LogP contribution in [0.25, 0.3) is 0 Å². The lowest BCUT2D eigenvalue weighted by Gasteiger charge is -2.26. The second-order valence-corrected chi connectivity index (χ2v) is 5.36. The monoisotopic (exact) mass is 237 g/mol. The number of aryl methyl sites for hydroxylation is 1. The Morgan fingerprint density at radius 3 is 2.62 bits per heavy atom. The Morgan fingerprint density at radius 1 is 1.38 bits per heavy atom. The number of nitrogens with zero attached hydrogens (tertiary/aromatic N) is 1. The van der Waals surface area contributed by atoms with Gasteiger partial charge < -0.3 is 4.90 Å². The van der Waals surface area contributed by atoms with Gasteiger partial charge in [-0.3, -0.25) is 0 Å². The van der Waals surface area contributed by atoms with E-state index in [-0.39, 0.29) is 0 Å². The van der Waals surface area contributed by atoms with Crippen LogP contribution in [-0.2, 0) is 5.88 Å². The van der Waals surface area contributed by atoms with Gasteiger partial charge >= 0.3 is 0 Å². The smallest absolute Gasteiger partial charge is 0.0474 e. The van der Waals surface area contributed by atoms with E-state index in [4.69, 9.17) is 11.6 Å². The van der Waals surface area contributed by atoms with Gasteiger partial charge in [0.1, 0.15) is 0 Å². The van der Waals surface area contributed by atoms with Gasteiger partial charge in [0.05, 0.1) is 0 Å². The minimum Gasteiger partial charge on any atom is -0.368 e. The van der Waals surface area contributed by atoms with E-state index in [1.165, 1.54) is 29.8 Å². The zero-order chi connectivity index (χ0) is 11.7. The maximum Gasteiger partial charge on any atom is 0.0474 e. The van der Waals surface area contributed by atoms with Gasteiger partial charge in [0.15, 0.2) is 0 Å². The quantitative estimate of drug-likeness (QED) is 0.704. The molecule has 1 aromatic rings. The second-order valence-electron chi connectivity index (χ2n) is 5.10. The average molecular weight is 238 g/mol. The third-order valence-corrected chi connectivity index (χ3v) is 3.82. The van der Waals surface area contributed by atoms with E-state index >= 15 is 0 Å². The van der Waals surface area contributed by atoms with Gasteiger partial charge in [0.2, 0.25) is 0 Å². The van der Waals surface area contributed by atoms with Gasteiger partial charge in [-0.2, -0.15) is 0 Å². The Morgan fingerprint density at radius 2 is 2.12 bits per heavy atom.